The first kappa shape index (κ1) is 19.8. The molecule has 1 N–H and O–H groups in total. The number of carbonyl (C=O) groups excluding carboxylic acids is 1. The van der Waals surface area contributed by atoms with E-state index in [4.69, 9.17) is 4.74 Å². The molecule has 1 aromatic heterocycles. The van der Waals surface area contributed by atoms with E-state index in [2.05, 4.69) is 27.4 Å². The van der Waals surface area contributed by atoms with Crippen LogP contribution in [0.2, 0.25) is 0 Å². The number of nitrogens with zero attached hydrogens (tertiary/aromatic N) is 3. The molecule has 0 saturated carbocycles. The molecule has 3 rings (SSSR count). The first-order valence-corrected chi connectivity index (χ1v) is 10.5. The van der Waals surface area contributed by atoms with Gasteiger partial charge in [-0.2, -0.15) is 16.9 Å². The predicted molar refractivity (Wildman–Crippen MR) is 109 cm³/mol. The lowest BCUT2D eigenvalue weighted by atomic mass is 10.2. The molecule has 1 amide bonds. The zero-order valence-electron chi connectivity index (χ0n) is 16.3. The average molecular weight is 389 g/mol. The molecule has 27 heavy (non-hydrogen) atoms. The summed E-state index contributed by atoms with van der Waals surface area (Å²) < 4.78 is 7.60. The molecule has 1 saturated heterocycles. The minimum atomic E-state index is -0.134. The highest BCUT2D eigenvalue weighted by Gasteiger charge is 2.14. The van der Waals surface area contributed by atoms with E-state index in [1.807, 2.05) is 37.7 Å². The molecule has 1 fully saturated rings. The number of carbonyl (C=O) groups is 1. The SMILES string of the molecule is Cc1cc(C(=O)NC[C@@H](C)Oc2cccc(CN3CCSCC3)c2)n(C)n1. The highest BCUT2D eigenvalue weighted by Crippen LogP contribution is 2.18. The van der Waals surface area contributed by atoms with E-state index in [9.17, 15) is 4.79 Å². The lowest BCUT2D eigenvalue weighted by Gasteiger charge is -2.26. The van der Waals surface area contributed by atoms with E-state index >= 15 is 0 Å². The van der Waals surface area contributed by atoms with Crippen molar-refractivity contribution < 1.29 is 9.53 Å². The fourth-order valence-corrected chi connectivity index (χ4v) is 4.14. The molecule has 1 aromatic carbocycles. The van der Waals surface area contributed by atoms with Crippen molar-refractivity contribution in [2.45, 2.75) is 26.5 Å². The van der Waals surface area contributed by atoms with E-state index in [0.29, 0.717) is 12.2 Å². The maximum absolute atomic E-state index is 12.3. The Bertz CT molecular complexity index is 771. The van der Waals surface area contributed by atoms with Gasteiger partial charge in [0.25, 0.3) is 5.91 Å². The summed E-state index contributed by atoms with van der Waals surface area (Å²) in [6, 6.07) is 10.0. The maximum atomic E-state index is 12.3. The van der Waals surface area contributed by atoms with Crippen molar-refractivity contribution in [1.82, 2.24) is 20.0 Å². The summed E-state index contributed by atoms with van der Waals surface area (Å²) in [5.74, 6) is 3.13. The Morgan fingerprint density at radius 2 is 2.11 bits per heavy atom. The number of nitrogens with one attached hydrogen (secondary N) is 1. The molecule has 0 spiro atoms. The predicted octanol–water partition coefficient (Wildman–Crippen LogP) is 2.47. The van der Waals surface area contributed by atoms with Crippen molar-refractivity contribution in [3.8, 4) is 5.75 Å². The third-order valence-electron chi connectivity index (χ3n) is 4.53. The molecule has 0 unspecified atom stereocenters. The number of hydrogen-bond acceptors (Lipinski definition) is 5. The van der Waals surface area contributed by atoms with E-state index in [1.165, 1.54) is 17.1 Å². The lowest BCUT2D eigenvalue weighted by Crippen LogP contribution is -2.34. The topological polar surface area (TPSA) is 59.4 Å². The molecular weight excluding hydrogens is 360 g/mol. The second kappa shape index (κ2) is 9.28. The van der Waals surface area contributed by atoms with Crippen LogP contribution >= 0.6 is 11.8 Å². The summed E-state index contributed by atoms with van der Waals surface area (Å²) in [5.41, 5.74) is 2.65. The van der Waals surface area contributed by atoms with Crippen LogP contribution in [-0.4, -0.2) is 57.8 Å². The van der Waals surface area contributed by atoms with Gasteiger partial charge in [0.1, 0.15) is 17.5 Å². The third-order valence-corrected chi connectivity index (χ3v) is 5.47. The Morgan fingerprint density at radius 3 is 2.81 bits per heavy atom. The molecule has 1 atom stereocenters. The van der Waals surface area contributed by atoms with Gasteiger partial charge >= 0.3 is 0 Å². The summed E-state index contributed by atoms with van der Waals surface area (Å²) in [5, 5.41) is 7.12. The Balaban J connectivity index is 1.50. The van der Waals surface area contributed by atoms with Crippen LogP contribution in [0.5, 0.6) is 5.75 Å². The van der Waals surface area contributed by atoms with Crippen LogP contribution in [0.4, 0.5) is 0 Å². The number of thioether (sulfide) groups is 1. The molecule has 146 valence electrons. The molecule has 2 aromatic rings. The fourth-order valence-electron chi connectivity index (χ4n) is 3.16. The Hall–Kier alpha value is -1.99. The standard InChI is InChI=1S/C20H28N4O2S/c1-15-11-19(23(3)22-15)20(25)21-13-16(2)26-18-6-4-5-17(12-18)14-24-7-9-27-10-8-24/h4-6,11-12,16H,7-10,13-14H2,1-3H3,(H,21,25)/t16-/m1/s1. The first-order chi connectivity index (χ1) is 13.0. The quantitative estimate of drug-likeness (QED) is 0.790. The second-order valence-electron chi connectivity index (χ2n) is 6.97. The monoisotopic (exact) mass is 388 g/mol. The van der Waals surface area contributed by atoms with Gasteiger partial charge < -0.3 is 10.1 Å². The highest BCUT2D eigenvalue weighted by atomic mass is 32.2. The van der Waals surface area contributed by atoms with Gasteiger partial charge in [-0.3, -0.25) is 14.4 Å². The molecule has 0 bridgehead atoms. The van der Waals surface area contributed by atoms with Crippen LogP contribution in [0.1, 0.15) is 28.7 Å². The lowest BCUT2D eigenvalue weighted by molar-refractivity contribution is 0.0922. The molecule has 0 aliphatic carbocycles. The maximum Gasteiger partial charge on any atom is 0.269 e. The van der Waals surface area contributed by atoms with Crippen molar-refractivity contribution in [3.63, 3.8) is 0 Å². The van der Waals surface area contributed by atoms with Crippen LogP contribution in [-0.2, 0) is 13.6 Å². The minimum absolute atomic E-state index is 0.120. The molecule has 0 radical (unpaired) electrons. The number of amides is 1. The van der Waals surface area contributed by atoms with Gasteiger partial charge in [-0.05, 0) is 37.6 Å². The Morgan fingerprint density at radius 1 is 1.33 bits per heavy atom. The smallest absolute Gasteiger partial charge is 0.269 e. The fraction of sp³-hybridized carbons (Fsp3) is 0.500. The van der Waals surface area contributed by atoms with E-state index in [0.717, 1.165) is 31.1 Å². The molecule has 1 aliphatic heterocycles. The second-order valence-corrected chi connectivity index (χ2v) is 8.19. The third kappa shape index (κ3) is 5.74. The van der Waals surface area contributed by atoms with Gasteiger partial charge in [0, 0.05) is 38.2 Å². The van der Waals surface area contributed by atoms with Crippen LogP contribution < -0.4 is 10.1 Å². The van der Waals surface area contributed by atoms with Gasteiger partial charge in [-0.1, -0.05) is 12.1 Å². The normalized spacial score (nSPS) is 16.1. The molecule has 2 heterocycles. The Kier molecular flexibility index (Phi) is 6.79. The summed E-state index contributed by atoms with van der Waals surface area (Å²) >= 11 is 2.02. The minimum Gasteiger partial charge on any atom is -0.489 e. The number of ether oxygens (including phenoxy) is 1. The largest absolute Gasteiger partial charge is 0.489 e. The summed E-state index contributed by atoms with van der Waals surface area (Å²) in [6.07, 6.45) is -0.120. The van der Waals surface area contributed by atoms with E-state index in [1.54, 1.807) is 17.8 Å². The van der Waals surface area contributed by atoms with Crippen molar-refractivity contribution in [1.29, 1.82) is 0 Å². The Labute approximate surface area is 165 Å². The molecular formula is C20H28N4O2S. The highest BCUT2D eigenvalue weighted by molar-refractivity contribution is 7.99. The van der Waals surface area contributed by atoms with Crippen LogP contribution in [0, 0.1) is 6.92 Å². The number of aryl methyl sites for hydroxylation is 2. The summed E-state index contributed by atoms with van der Waals surface area (Å²) in [7, 11) is 1.77. The van der Waals surface area contributed by atoms with Crippen molar-refractivity contribution in [2.24, 2.45) is 7.05 Å². The zero-order valence-corrected chi connectivity index (χ0v) is 17.1. The number of aromatic nitrogens is 2. The number of benzene rings is 1. The van der Waals surface area contributed by atoms with Crippen molar-refractivity contribution >= 4 is 17.7 Å². The first-order valence-electron chi connectivity index (χ1n) is 9.36. The molecule has 7 heteroatoms. The molecule has 6 nitrogen and oxygen atoms in total. The van der Waals surface area contributed by atoms with Gasteiger partial charge in [-0.15, -0.1) is 0 Å². The van der Waals surface area contributed by atoms with E-state index < -0.39 is 0 Å². The van der Waals surface area contributed by atoms with Gasteiger partial charge in [0.15, 0.2) is 0 Å². The average Bonchev–Trinajstić information content (AvgIpc) is 2.99. The number of rotatable bonds is 7. The van der Waals surface area contributed by atoms with Crippen LogP contribution in [0.25, 0.3) is 0 Å². The summed E-state index contributed by atoms with van der Waals surface area (Å²) in [4.78, 5) is 14.8. The van der Waals surface area contributed by atoms with Crippen molar-refractivity contribution in [3.05, 3.63) is 47.3 Å². The van der Waals surface area contributed by atoms with Crippen LogP contribution in [0.3, 0.4) is 0 Å². The van der Waals surface area contributed by atoms with Gasteiger partial charge in [-0.25, -0.2) is 0 Å². The van der Waals surface area contributed by atoms with Gasteiger partial charge in [0.2, 0.25) is 0 Å². The van der Waals surface area contributed by atoms with Crippen LogP contribution in [0.15, 0.2) is 30.3 Å². The molecule has 1 aliphatic rings. The summed E-state index contributed by atoms with van der Waals surface area (Å²) in [6.45, 7) is 7.53. The van der Waals surface area contributed by atoms with Gasteiger partial charge in [0.05, 0.1) is 12.2 Å². The van der Waals surface area contributed by atoms with E-state index in [-0.39, 0.29) is 12.0 Å². The zero-order chi connectivity index (χ0) is 19.2. The number of hydrogen-bond donors (Lipinski definition) is 1. The van der Waals surface area contributed by atoms with Crippen molar-refractivity contribution in [2.75, 3.05) is 31.1 Å².